The number of nitrogens with one attached hydrogen (secondary N) is 1. The fraction of sp³-hybridized carbons (Fsp3) is 0.375. The normalized spacial score (nSPS) is 32.0. The molecule has 3 saturated heterocycles. The van der Waals surface area contributed by atoms with Crippen LogP contribution in [-0.2, 0) is 26.3 Å². The molecule has 6 rings (SSSR count). The zero-order valence-corrected chi connectivity index (χ0v) is 16.8. The number of anilines is 2. The van der Waals surface area contributed by atoms with Crippen LogP contribution in [0, 0.1) is 11.8 Å². The molecule has 4 atom stereocenters. The molecule has 3 fully saturated rings. The van der Waals surface area contributed by atoms with Gasteiger partial charge in [0.1, 0.15) is 5.54 Å². The van der Waals surface area contributed by atoms with Crippen molar-refractivity contribution in [2.24, 2.45) is 11.8 Å². The maximum absolute atomic E-state index is 13.8. The van der Waals surface area contributed by atoms with Gasteiger partial charge in [-0.05, 0) is 49.6 Å². The monoisotopic (exact) mass is 401 g/mol. The van der Waals surface area contributed by atoms with Gasteiger partial charge in [0.05, 0.1) is 17.5 Å². The van der Waals surface area contributed by atoms with Crippen LogP contribution in [0.1, 0.15) is 30.9 Å². The van der Waals surface area contributed by atoms with Crippen LogP contribution in [0.5, 0.6) is 0 Å². The summed E-state index contributed by atoms with van der Waals surface area (Å²) in [6.45, 7) is 2.81. The Hall–Kier alpha value is -2.99. The number of hydrogen-bond acceptors (Lipinski definition) is 4. The predicted octanol–water partition coefficient (Wildman–Crippen LogP) is 2.68. The van der Waals surface area contributed by atoms with E-state index in [0.29, 0.717) is 5.69 Å². The topological polar surface area (TPSA) is 69.7 Å². The summed E-state index contributed by atoms with van der Waals surface area (Å²) in [5, 5.41) is 3.03. The van der Waals surface area contributed by atoms with Gasteiger partial charge in [0.15, 0.2) is 0 Å². The van der Waals surface area contributed by atoms with Gasteiger partial charge in [-0.3, -0.25) is 19.3 Å². The Bertz CT molecular complexity index is 1100. The number of para-hydroxylation sites is 1. The minimum atomic E-state index is -1.09. The molecule has 3 amide bonds. The summed E-state index contributed by atoms with van der Waals surface area (Å²) in [6, 6.07) is 15.0. The van der Waals surface area contributed by atoms with Crippen molar-refractivity contribution in [1.29, 1.82) is 0 Å². The molecule has 1 spiro atoms. The Morgan fingerprint density at radius 3 is 2.63 bits per heavy atom. The zero-order chi connectivity index (χ0) is 20.6. The second-order valence-electron chi connectivity index (χ2n) is 8.71. The standard InChI is InChI=1S/C24H23N3O3/c1-2-14-10-11-17-16(13-14)24(23(30)25-17)20-19(18-9-6-12-26(18)24)21(28)27(22(20)29)15-7-4-3-5-8-15/h3-5,7-8,10-11,13,18-20H,2,6,9,12H2,1H3,(H,25,30)/t18-,19+,20-,24+/m0/s1. The molecule has 0 aliphatic carbocycles. The van der Waals surface area contributed by atoms with Crippen LogP contribution in [-0.4, -0.2) is 35.2 Å². The SMILES string of the molecule is CCc1ccc2c(c1)[C@]1(C(=O)N2)[C@@H]2C(=O)N(c3ccccc3)C(=O)[C@@H]2[C@@H]2CCCN21. The summed E-state index contributed by atoms with van der Waals surface area (Å²) in [5.41, 5.74) is 2.25. The van der Waals surface area contributed by atoms with Gasteiger partial charge in [0.2, 0.25) is 17.7 Å². The largest absolute Gasteiger partial charge is 0.324 e. The lowest BCUT2D eigenvalue weighted by Gasteiger charge is -2.36. The second kappa shape index (κ2) is 6.01. The second-order valence-corrected chi connectivity index (χ2v) is 8.71. The minimum Gasteiger partial charge on any atom is -0.324 e. The molecular weight excluding hydrogens is 378 g/mol. The van der Waals surface area contributed by atoms with Crippen LogP contribution in [0.4, 0.5) is 11.4 Å². The van der Waals surface area contributed by atoms with Crippen LogP contribution in [0.25, 0.3) is 0 Å². The molecule has 4 aliphatic heterocycles. The van der Waals surface area contributed by atoms with E-state index in [2.05, 4.69) is 23.2 Å². The quantitative estimate of drug-likeness (QED) is 0.786. The van der Waals surface area contributed by atoms with E-state index in [-0.39, 0.29) is 23.8 Å². The third kappa shape index (κ3) is 1.95. The van der Waals surface area contributed by atoms with Crippen molar-refractivity contribution in [1.82, 2.24) is 4.90 Å². The van der Waals surface area contributed by atoms with Crippen molar-refractivity contribution in [2.75, 3.05) is 16.8 Å². The summed E-state index contributed by atoms with van der Waals surface area (Å²) < 4.78 is 0. The smallest absolute Gasteiger partial charge is 0.250 e. The van der Waals surface area contributed by atoms with Crippen LogP contribution < -0.4 is 10.2 Å². The predicted molar refractivity (Wildman–Crippen MR) is 112 cm³/mol. The van der Waals surface area contributed by atoms with Crippen molar-refractivity contribution in [3.05, 3.63) is 59.7 Å². The summed E-state index contributed by atoms with van der Waals surface area (Å²) in [6.07, 6.45) is 2.61. The first-order valence-corrected chi connectivity index (χ1v) is 10.7. The van der Waals surface area contributed by atoms with Crippen LogP contribution in [0.3, 0.4) is 0 Å². The Morgan fingerprint density at radius 2 is 1.87 bits per heavy atom. The highest BCUT2D eigenvalue weighted by molar-refractivity contribution is 6.25. The van der Waals surface area contributed by atoms with E-state index in [9.17, 15) is 14.4 Å². The number of benzene rings is 2. The first kappa shape index (κ1) is 17.8. The van der Waals surface area contributed by atoms with Crippen LogP contribution in [0.2, 0.25) is 0 Å². The third-order valence-corrected chi connectivity index (χ3v) is 7.48. The van der Waals surface area contributed by atoms with E-state index in [1.807, 2.05) is 30.3 Å². The van der Waals surface area contributed by atoms with Crippen molar-refractivity contribution in [3.8, 4) is 0 Å². The average molecular weight is 401 g/mol. The summed E-state index contributed by atoms with van der Waals surface area (Å²) in [7, 11) is 0. The average Bonchev–Trinajstić information content (AvgIpc) is 3.46. The molecule has 0 unspecified atom stereocenters. The highest BCUT2D eigenvalue weighted by atomic mass is 16.2. The number of rotatable bonds is 2. The Balaban J connectivity index is 1.57. The van der Waals surface area contributed by atoms with Crippen molar-refractivity contribution >= 4 is 29.1 Å². The first-order chi connectivity index (χ1) is 14.6. The van der Waals surface area contributed by atoms with E-state index in [0.717, 1.165) is 42.6 Å². The number of hydrogen-bond donors (Lipinski definition) is 1. The highest BCUT2D eigenvalue weighted by Gasteiger charge is 2.74. The van der Waals surface area contributed by atoms with Gasteiger partial charge in [0.25, 0.3) is 0 Å². The van der Waals surface area contributed by atoms with E-state index in [1.54, 1.807) is 12.1 Å². The van der Waals surface area contributed by atoms with Gasteiger partial charge in [-0.2, -0.15) is 0 Å². The summed E-state index contributed by atoms with van der Waals surface area (Å²) in [5.74, 6) is -1.76. The number of carbonyl (C=O) groups is 3. The first-order valence-electron chi connectivity index (χ1n) is 10.7. The lowest BCUT2D eigenvalue weighted by Crippen LogP contribution is -2.54. The molecule has 0 saturated carbocycles. The van der Waals surface area contributed by atoms with Crippen molar-refractivity contribution < 1.29 is 14.4 Å². The van der Waals surface area contributed by atoms with Crippen molar-refractivity contribution in [3.63, 3.8) is 0 Å². The molecule has 1 N–H and O–H groups in total. The molecule has 6 nitrogen and oxygen atoms in total. The van der Waals surface area contributed by atoms with Crippen LogP contribution in [0.15, 0.2) is 48.5 Å². The fourth-order valence-corrected chi connectivity index (χ4v) is 6.30. The Kier molecular flexibility index (Phi) is 3.58. The number of carbonyl (C=O) groups excluding carboxylic acids is 3. The zero-order valence-electron chi connectivity index (χ0n) is 16.8. The van der Waals surface area contributed by atoms with Crippen molar-refractivity contribution in [2.45, 2.75) is 37.8 Å². The van der Waals surface area contributed by atoms with E-state index < -0.39 is 17.4 Å². The number of amides is 3. The molecule has 0 aromatic heterocycles. The van der Waals surface area contributed by atoms with Gasteiger partial charge in [-0.15, -0.1) is 0 Å². The number of imide groups is 1. The molecule has 2 aromatic carbocycles. The van der Waals surface area contributed by atoms with E-state index >= 15 is 0 Å². The van der Waals surface area contributed by atoms with Crippen LogP contribution >= 0.6 is 0 Å². The van der Waals surface area contributed by atoms with Gasteiger partial charge < -0.3 is 5.32 Å². The summed E-state index contributed by atoms with van der Waals surface area (Å²) >= 11 is 0. The third-order valence-electron chi connectivity index (χ3n) is 7.48. The fourth-order valence-electron chi connectivity index (χ4n) is 6.30. The maximum atomic E-state index is 13.8. The van der Waals surface area contributed by atoms with E-state index in [1.165, 1.54) is 4.90 Å². The molecule has 152 valence electrons. The lowest BCUT2D eigenvalue weighted by molar-refractivity contribution is -0.135. The molecule has 30 heavy (non-hydrogen) atoms. The van der Waals surface area contributed by atoms with Gasteiger partial charge in [-0.25, -0.2) is 4.90 Å². The maximum Gasteiger partial charge on any atom is 0.250 e. The summed E-state index contributed by atoms with van der Waals surface area (Å²) in [4.78, 5) is 44.5. The Morgan fingerprint density at radius 1 is 1.07 bits per heavy atom. The molecular formula is C24H23N3O3. The lowest BCUT2D eigenvalue weighted by atomic mass is 9.75. The molecule has 4 heterocycles. The van der Waals surface area contributed by atoms with E-state index in [4.69, 9.17) is 0 Å². The number of nitrogens with zero attached hydrogens (tertiary/aromatic N) is 2. The minimum absolute atomic E-state index is 0.0813. The molecule has 2 aromatic rings. The highest BCUT2D eigenvalue weighted by Crippen LogP contribution is 2.60. The number of aryl methyl sites for hydroxylation is 1. The Labute approximate surface area is 174 Å². The van der Waals surface area contributed by atoms with Gasteiger partial charge in [-0.1, -0.05) is 37.3 Å². The molecule has 4 aliphatic rings. The molecule has 6 heteroatoms. The van der Waals surface area contributed by atoms with Gasteiger partial charge in [0, 0.05) is 17.3 Å². The van der Waals surface area contributed by atoms with Gasteiger partial charge >= 0.3 is 0 Å². The molecule has 0 radical (unpaired) electrons. The number of fused-ring (bicyclic) bond motifs is 7. The molecule has 0 bridgehead atoms.